The van der Waals surface area contributed by atoms with Crippen molar-refractivity contribution in [2.24, 2.45) is 7.05 Å². The molecule has 0 aliphatic heterocycles. The number of amides is 1. The number of aryl methyl sites for hydroxylation is 2. The van der Waals surface area contributed by atoms with Crippen LogP contribution in [0, 0.1) is 6.92 Å². The van der Waals surface area contributed by atoms with Crippen LogP contribution >= 0.6 is 0 Å². The number of halogens is 3. The Balaban J connectivity index is 1.63. The quantitative estimate of drug-likeness (QED) is 0.506. The molecule has 0 aliphatic rings. The number of carbonyl (C=O) groups excluding carboxylic acids is 1. The molecule has 1 amide bonds. The number of pyridine rings is 1. The Hall–Kier alpha value is -4.08. The first-order valence-electron chi connectivity index (χ1n) is 9.47. The molecule has 162 valence electrons. The number of nitrogens with one attached hydrogen (secondary N) is 1. The van der Waals surface area contributed by atoms with E-state index in [1.807, 2.05) is 36.7 Å². The lowest BCUT2D eigenvalue weighted by atomic mass is 9.99. The van der Waals surface area contributed by atoms with E-state index in [1.54, 1.807) is 30.9 Å². The number of anilines is 1. The van der Waals surface area contributed by atoms with E-state index in [9.17, 15) is 18.0 Å². The van der Waals surface area contributed by atoms with Gasteiger partial charge in [-0.15, -0.1) is 5.10 Å². The third-order valence-corrected chi connectivity index (χ3v) is 4.86. The predicted molar refractivity (Wildman–Crippen MR) is 112 cm³/mol. The van der Waals surface area contributed by atoms with Crippen LogP contribution in [0.25, 0.3) is 22.5 Å². The Kier molecular flexibility index (Phi) is 5.43. The standard InChI is InChI=1S/C22H17F3N6O/c1-13-3-4-16(29-21(32)19-8-15(10-28-30-19)22(23,24)25)9-17(13)14-5-6-27-18(7-14)20-11-26-12-31(20)2/h3-12H,1-2H3,(H,29,32). The van der Waals surface area contributed by atoms with Crippen LogP contribution in [0.2, 0.25) is 0 Å². The molecule has 0 spiro atoms. The van der Waals surface area contributed by atoms with Gasteiger partial charge in [0.05, 0.1) is 35.7 Å². The Morgan fingerprint density at radius 2 is 1.91 bits per heavy atom. The van der Waals surface area contributed by atoms with Crippen molar-refractivity contribution in [3.05, 3.63) is 78.1 Å². The molecule has 0 bridgehead atoms. The number of aromatic nitrogens is 5. The van der Waals surface area contributed by atoms with E-state index in [-0.39, 0.29) is 0 Å². The molecule has 0 radical (unpaired) electrons. The second-order valence-corrected chi connectivity index (χ2v) is 7.13. The predicted octanol–water partition coefficient (Wildman–Crippen LogP) is 4.52. The topological polar surface area (TPSA) is 85.6 Å². The first-order valence-corrected chi connectivity index (χ1v) is 9.47. The van der Waals surface area contributed by atoms with Crippen LogP contribution in [0.15, 0.2) is 61.3 Å². The zero-order valence-electron chi connectivity index (χ0n) is 17.1. The van der Waals surface area contributed by atoms with Gasteiger partial charge in [-0.3, -0.25) is 9.78 Å². The maximum atomic E-state index is 12.9. The fraction of sp³-hybridized carbons (Fsp3) is 0.136. The molecule has 0 aliphatic carbocycles. The van der Waals surface area contributed by atoms with Crippen LogP contribution < -0.4 is 5.32 Å². The largest absolute Gasteiger partial charge is 0.418 e. The number of imidazole rings is 1. The lowest BCUT2D eigenvalue weighted by Gasteiger charge is -2.12. The van der Waals surface area contributed by atoms with Crippen LogP contribution in [0.3, 0.4) is 0 Å². The molecule has 3 aromatic heterocycles. The molecular weight excluding hydrogens is 421 g/mol. The monoisotopic (exact) mass is 438 g/mol. The van der Waals surface area contributed by atoms with Crippen molar-refractivity contribution in [3.63, 3.8) is 0 Å². The first kappa shape index (κ1) is 21.2. The van der Waals surface area contributed by atoms with Crippen molar-refractivity contribution in [2.75, 3.05) is 5.32 Å². The molecule has 32 heavy (non-hydrogen) atoms. The van der Waals surface area contributed by atoms with Gasteiger partial charge in [-0.2, -0.15) is 18.3 Å². The molecular formula is C22H17F3N6O. The molecule has 1 N–H and O–H groups in total. The minimum Gasteiger partial charge on any atom is -0.332 e. The van der Waals surface area contributed by atoms with Gasteiger partial charge in [0.25, 0.3) is 5.91 Å². The highest BCUT2D eigenvalue weighted by Gasteiger charge is 2.32. The first-order chi connectivity index (χ1) is 15.2. The zero-order valence-corrected chi connectivity index (χ0v) is 17.1. The Labute approximate surface area is 181 Å². The van der Waals surface area contributed by atoms with Gasteiger partial charge in [0.1, 0.15) is 0 Å². The number of nitrogens with zero attached hydrogens (tertiary/aromatic N) is 5. The number of rotatable bonds is 4. The van der Waals surface area contributed by atoms with Gasteiger partial charge in [0, 0.05) is 18.9 Å². The fourth-order valence-corrected chi connectivity index (χ4v) is 3.18. The second-order valence-electron chi connectivity index (χ2n) is 7.13. The van der Waals surface area contributed by atoms with Crippen molar-refractivity contribution in [1.29, 1.82) is 0 Å². The van der Waals surface area contributed by atoms with E-state index in [4.69, 9.17) is 0 Å². The molecule has 0 saturated heterocycles. The van der Waals surface area contributed by atoms with Gasteiger partial charge >= 0.3 is 6.18 Å². The van der Waals surface area contributed by atoms with Gasteiger partial charge in [-0.25, -0.2) is 4.98 Å². The van der Waals surface area contributed by atoms with Gasteiger partial charge in [-0.05, 0) is 53.9 Å². The van der Waals surface area contributed by atoms with Crippen LogP contribution in [-0.4, -0.2) is 30.6 Å². The summed E-state index contributed by atoms with van der Waals surface area (Å²) in [6.45, 7) is 1.92. The maximum absolute atomic E-state index is 12.9. The van der Waals surface area contributed by atoms with Crippen LogP contribution in [-0.2, 0) is 13.2 Å². The molecule has 3 heterocycles. The Morgan fingerprint density at radius 3 is 2.62 bits per heavy atom. The summed E-state index contributed by atoms with van der Waals surface area (Å²) < 4.78 is 40.5. The van der Waals surface area contributed by atoms with E-state index in [0.717, 1.165) is 28.1 Å². The summed E-state index contributed by atoms with van der Waals surface area (Å²) in [6.07, 6.45) is 1.03. The Morgan fingerprint density at radius 1 is 1.09 bits per heavy atom. The summed E-state index contributed by atoms with van der Waals surface area (Å²) >= 11 is 0. The normalized spacial score (nSPS) is 11.4. The summed E-state index contributed by atoms with van der Waals surface area (Å²) in [5.41, 5.74) is 3.17. The Bertz CT molecular complexity index is 1300. The summed E-state index contributed by atoms with van der Waals surface area (Å²) in [5, 5.41) is 9.39. The van der Waals surface area contributed by atoms with E-state index < -0.39 is 23.3 Å². The summed E-state index contributed by atoms with van der Waals surface area (Å²) in [5.74, 6) is -0.788. The molecule has 0 fully saturated rings. The van der Waals surface area contributed by atoms with Crippen molar-refractivity contribution >= 4 is 11.6 Å². The zero-order chi connectivity index (χ0) is 22.9. The van der Waals surface area contributed by atoms with Crippen LogP contribution in [0.4, 0.5) is 18.9 Å². The number of carbonyl (C=O) groups is 1. The SMILES string of the molecule is Cc1ccc(NC(=O)c2cc(C(F)(F)F)cnn2)cc1-c1ccnc(-c2cncn2C)c1. The van der Waals surface area contributed by atoms with E-state index in [0.29, 0.717) is 18.0 Å². The molecule has 10 heteroatoms. The molecule has 1 aromatic carbocycles. The number of hydrogen-bond donors (Lipinski definition) is 1. The smallest absolute Gasteiger partial charge is 0.332 e. The highest BCUT2D eigenvalue weighted by Crippen LogP contribution is 2.30. The molecule has 7 nitrogen and oxygen atoms in total. The minimum absolute atomic E-state index is 0.411. The molecule has 0 unspecified atom stereocenters. The van der Waals surface area contributed by atoms with Crippen molar-refractivity contribution in [3.8, 4) is 22.5 Å². The van der Waals surface area contributed by atoms with Crippen molar-refractivity contribution in [1.82, 2.24) is 24.7 Å². The fourth-order valence-electron chi connectivity index (χ4n) is 3.18. The van der Waals surface area contributed by atoms with Crippen molar-refractivity contribution in [2.45, 2.75) is 13.1 Å². The van der Waals surface area contributed by atoms with E-state index in [1.165, 1.54) is 0 Å². The molecule has 0 atom stereocenters. The summed E-state index contributed by atoms with van der Waals surface area (Å²) in [6, 6.07) is 9.64. The van der Waals surface area contributed by atoms with E-state index >= 15 is 0 Å². The molecule has 4 aromatic rings. The van der Waals surface area contributed by atoms with Crippen LogP contribution in [0.1, 0.15) is 21.6 Å². The van der Waals surface area contributed by atoms with Gasteiger partial charge in [-0.1, -0.05) is 6.07 Å². The molecule has 4 rings (SSSR count). The third-order valence-electron chi connectivity index (χ3n) is 4.86. The van der Waals surface area contributed by atoms with Gasteiger partial charge in [0.15, 0.2) is 5.69 Å². The highest BCUT2D eigenvalue weighted by atomic mass is 19.4. The number of benzene rings is 1. The van der Waals surface area contributed by atoms with Gasteiger partial charge < -0.3 is 9.88 Å². The lowest BCUT2D eigenvalue weighted by Crippen LogP contribution is -2.16. The average molecular weight is 438 g/mol. The summed E-state index contributed by atoms with van der Waals surface area (Å²) in [4.78, 5) is 21.0. The van der Waals surface area contributed by atoms with E-state index in [2.05, 4.69) is 25.5 Å². The van der Waals surface area contributed by atoms with Gasteiger partial charge in [0.2, 0.25) is 0 Å². The highest BCUT2D eigenvalue weighted by molar-refractivity contribution is 6.03. The number of hydrogen-bond acceptors (Lipinski definition) is 5. The minimum atomic E-state index is -4.62. The van der Waals surface area contributed by atoms with Crippen LogP contribution in [0.5, 0.6) is 0 Å². The summed E-state index contributed by atoms with van der Waals surface area (Å²) in [7, 11) is 1.87. The molecule has 0 saturated carbocycles. The number of alkyl halides is 3. The maximum Gasteiger partial charge on any atom is 0.418 e. The average Bonchev–Trinajstić information content (AvgIpc) is 3.20. The van der Waals surface area contributed by atoms with Crippen molar-refractivity contribution < 1.29 is 18.0 Å². The lowest BCUT2D eigenvalue weighted by molar-refractivity contribution is -0.137. The third kappa shape index (κ3) is 4.34. The second kappa shape index (κ2) is 8.22.